The SMILES string of the molecule is CN(Cc1ccccc1C(N)=O)CC1CNCCO1. The van der Waals surface area contributed by atoms with E-state index < -0.39 is 0 Å². The Hall–Kier alpha value is -1.43. The van der Waals surface area contributed by atoms with Crippen molar-refractivity contribution < 1.29 is 9.53 Å². The van der Waals surface area contributed by atoms with Crippen LogP contribution in [0.5, 0.6) is 0 Å². The van der Waals surface area contributed by atoms with Crippen LogP contribution in [-0.4, -0.2) is 50.2 Å². The molecule has 2 rings (SSSR count). The summed E-state index contributed by atoms with van der Waals surface area (Å²) in [7, 11) is 2.02. The molecule has 1 aliphatic heterocycles. The van der Waals surface area contributed by atoms with Gasteiger partial charge in [-0.3, -0.25) is 9.69 Å². The van der Waals surface area contributed by atoms with E-state index in [2.05, 4.69) is 10.2 Å². The molecule has 0 radical (unpaired) electrons. The van der Waals surface area contributed by atoms with Gasteiger partial charge in [0.2, 0.25) is 5.91 Å². The van der Waals surface area contributed by atoms with Crippen molar-refractivity contribution in [2.45, 2.75) is 12.6 Å². The first kappa shape index (κ1) is 14.0. The summed E-state index contributed by atoms with van der Waals surface area (Å²) in [6.45, 7) is 4.09. The molecule has 1 amide bonds. The number of carbonyl (C=O) groups is 1. The number of rotatable bonds is 5. The normalized spacial score (nSPS) is 19.6. The van der Waals surface area contributed by atoms with Crippen molar-refractivity contribution in [3.63, 3.8) is 0 Å². The summed E-state index contributed by atoms with van der Waals surface area (Å²) in [4.78, 5) is 13.5. The standard InChI is InChI=1S/C14H21N3O2/c1-17(10-12-8-16-6-7-19-12)9-11-4-2-3-5-13(11)14(15)18/h2-5,12,16H,6-10H2,1H3,(H2,15,18). The maximum Gasteiger partial charge on any atom is 0.249 e. The topological polar surface area (TPSA) is 67.6 Å². The molecule has 1 aromatic rings. The van der Waals surface area contributed by atoms with Crippen molar-refractivity contribution in [1.82, 2.24) is 10.2 Å². The van der Waals surface area contributed by atoms with Gasteiger partial charge >= 0.3 is 0 Å². The molecule has 3 N–H and O–H groups in total. The number of carbonyl (C=O) groups excluding carboxylic acids is 1. The summed E-state index contributed by atoms with van der Waals surface area (Å²) in [5.74, 6) is -0.375. The molecule has 0 bridgehead atoms. The first-order valence-electron chi connectivity index (χ1n) is 6.55. The minimum Gasteiger partial charge on any atom is -0.374 e. The summed E-state index contributed by atoms with van der Waals surface area (Å²) in [6, 6.07) is 7.47. The average molecular weight is 263 g/mol. The minimum absolute atomic E-state index is 0.208. The predicted molar refractivity (Wildman–Crippen MR) is 73.9 cm³/mol. The van der Waals surface area contributed by atoms with E-state index in [9.17, 15) is 4.79 Å². The molecule has 0 aliphatic carbocycles. The van der Waals surface area contributed by atoms with Gasteiger partial charge in [0.1, 0.15) is 0 Å². The number of nitrogens with one attached hydrogen (secondary N) is 1. The Kier molecular flexibility index (Phi) is 4.90. The number of nitrogens with two attached hydrogens (primary N) is 1. The van der Waals surface area contributed by atoms with Crippen LogP contribution in [0, 0.1) is 0 Å². The molecule has 1 unspecified atom stereocenters. The van der Waals surface area contributed by atoms with E-state index in [0.717, 1.165) is 31.8 Å². The Labute approximate surface area is 113 Å². The lowest BCUT2D eigenvalue weighted by atomic mass is 10.1. The Balaban J connectivity index is 1.94. The Bertz CT molecular complexity index is 430. The number of primary amides is 1. The van der Waals surface area contributed by atoms with Gasteiger partial charge in [0, 0.05) is 31.7 Å². The fourth-order valence-electron chi connectivity index (χ4n) is 2.34. The molecule has 0 aromatic heterocycles. The molecule has 1 atom stereocenters. The van der Waals surface area contributed by atoms with Crippen molar-refractivity contribution in [2.24, 2.45) is 5.73 Å². The zero-order valence-corrected chi connectivity index (χ0v) is 11.3. The van der Waals surface area contributed by atoms with Crippen LogP contribution >= 0.6 is 0 Å². The Morgan fingerprint density at radius 3 is 3.00 bits per heavy atom. The lowest BCUT2D eigenvalue weighted by Gasteiger charge is -2.28. The molecule has 1 aliphatic rings. The van der Waals surface area contributed by atoms with Crippen LogP contribution in [-0.2, 0) is 11.3 Å². The lowest BCUT2D eigenvalue weighted by molar-refractivity contribution is 0.00883. The largest absolute Gasteiger partial charge is 0.374 e. The predicted octanol–water partition coefficient (Wildman–Crippen LogP) is 0.206. The highest BCUT2D eigenvalue weighted by molar-refractivity contribution is 5.94. The molecule has 1 saturated heterocycles. The summed E-state index contributed by atoms with van der Waals surface area (Å²) in [6.07, 6.45) is 0.208. The fourth-order valence-corrected chi connectivity index (χ4v) is 2.34. The van der Waals surface area contributed by atoms with Gasteiger partial charge in [-0.1, -0.05) is 18.2 Å². The van der Waals surface area contributed by atoms with Gasteiger partial charge in [0.15, 0.2) is 0 Å². The number of likely N-dealkylation sites (N-methyl/N-ethyl adjacent to an activating group) is 1. The second-order valence-electron chi connectivity index (χ2n) is 4.92. The molecule has 0 saturated carbocycles. The van der Waals surface area contributed by atoms with E-state index in [0.29, 0.717) is 12.1 Å². The second kappa shape index (κ2) is 6.65. The molecule has 0 spiro atoms. The highest BCUT2D eigenvalue weighted by Gasteiger charge is 2.16. The van der Waals surface area contributed by atoms with E-state index in [1.165, 1.54) is 0 Å². The van der Waals surface area contributed by atoms with Gasteiger partial charge < -0.3 is 15.8 Å². The number of ether oxygens (including phenoxy) is 1. The van der Waals surface area contributed by atoms with Crippen molar-refractivity contribution >= 4 is 5.91 Å². The number of hydrogen-bond acceptors (Lipinski definition) is 4. The van der Waals surface area contributed by atoms with Crippen LogP contribution in [0.1, 0.15) is 15.9 Å². The van der Waals surface area contributed by atoms with Crippen molar-refractivity contribution in [2.75, 3.05) is 33.3 Å². The first-order chi connectivity index (χ1) is 9.16. The maximum atomic E-state index is 11.4. The van der Waals surface area contributed by atoms with Crippen LogP contribution in [0.25, 0.3) is 0 Å². The van der Waals surface area contributed by atoms with Crippen LogP contribution < -0.4 is 11.1 Å². The summed E-state index contributed by atoms with van der Waals surface area (Å²) in [5, 5.41) is 3.31. The van der Waals surface area contributed by atoms with Crippen LogP contribution in [0.2, 0.25) is 0 Å². The number of amides is 1. The van der Waals surface area contributed by atoms with Gasteiger partial charge in [0.25, 0.3) is 0 Å². The molecule has 104 valence electrons. The Morgan fingerprint density at radius 1 is 1.53 bits per heavy atom. The number of nitrogens with zero attached hydrogens (tertiary/aromatic N) is 1. The molecule has 1 fully saturated rings. The third-order valence-electron chi connectivity index (χ3n) is 3.24. The summed E-state index contributed by atoms with van der Waals surface area (Å²) >= 11 is 0. The van der Waals surface area contributed by atoms with Gasteiger partial charge in [-0.2, -0.15) is 0 Å². The number of hydrogen-bond donors (Lipinski definition) is 2. The van der Waals surface area contributed by atoms with E-state index in [4.69, 9.17) is 10.5 Å². The fraction of sp³-hybridized carbons (Fsp3) is 0.500. The molecule has 5 nitrogen and oxygen atoms in total. The molecular formula is C14H21N3O2. The van der Waals surface area contributed by atoms with Gasteiger partial charge in [-0.25, -0.2) is 0 Å². The average Bonchev–Trinajstić information content (AvgIpc) is 2.40. The van der Waals surface area contributed by atoms with Gasteiger partial charge in [-0.15, -0.1) is 0 Å². The molecular weight excluding hydrogens is 242 g/mol. The third kappa shape index (κ3) is 4.02. The van der Waals surface area contributed by atoms with Gasteiger partial charge in [-0.05, 0) is 18.7 Å². The monoisotopic (exact) mass is 263 g/mol. The number of morpholine rings is 1. The zero-order valence-electron chi connectivity index (χ0n) is 11.3. The highest BCUT2D eigenvalue weighted by atomic mass is 16.5. The van der Waals surface area contributed by atoms with Crippen molar-refractivity contribution in [3.05, 3.63) is 35.4 Å². The third-order valence-corrected chi connectivity index (χ3v) is 3.24. The van der Waals surface area contributed by atoms with Crippen LogP contribution in [0.4, 0.5) is 0 Å². The quantitative estimate of drug-likeness (QED) is 0.796. The van der Waals surface area contributed by atoms with Gasteiger partial charge in [0.05, 0.1) is 12.7 Å². The maximum absolute atomic E-state index is 11.4. The second-order valence-corrected chi connectivity index (χ2v) is 4.92. The number of benzene rings is 1. The van der Waals surface area contributed by atoms with Crippen molar-refractivity contribution in [3.8, 4) is 0 Å². The summed E-state index contributed by atoms with van der Waals surface area (Å²) in [5.41, 5.74) is 6.94. The van der Waals surface area contributed by atoms with Crippen molar-refractivity contribution in [1.29, 1.82) is 0 Å². The van der Waals surface area contributed by atoms with Crippen LogP contribution in [0.15, 0.2) is 24.3 Å². The minimum atomic E-state index is -0.375. The van der Waals surface area contributed by atoms with E-state index in [-0.39, 0.29) is 12.0 Å². The molecule has 1 heterocycles. The smallest absolute Gasteiger partial charge is 0.249 e. The molecule has 5 heteroatoms. The highest BCUT2D eigenvalue weighted by Crippen LogP contribution is 2.11. The van der Waals surface area contributed by atoms with Crippen LogP contribution in [0.3, 0.4) is 0 Å². The zero-order chi connectivity index (χ0) is 13.7. The molecule has 1 aromatic carbocycles. The summed E-state index contributed by atoms with van der Waals surface area (Å²) < 4.78 is 5.67. The van der Waals surface area contributed by atoms with E-state index in [1.807, 2.05) is 25.2 Å². The van der Waals surface area contributed by atoms with E-state index in [1.54, 1.807) is 6.07 Å². The Morgan fingerprint density at radius 2 is 2.32 bits per heavy atom. The first-order valence-corrected chi connectivity index (χ1v) is 6.55. The van der Waals surface area contributed by atoms with E-state index >= 15 is 0 Å². The molecule has 19 heavy (non-hydrogen) atoms. The lowest BCUT2D eigenvalue weighted by Crippen LogP contribution is -2.44.